The number of hydrogen-bond acceptors (Lipinski definition) is 6. The fourth-order valence-corrected chi connectivity index (χ4v) is 4.18. The van der Waals surface area contributed by atoms with Gasteiger partial charge >= 0.3 is 0 Å². The summed E-state index contributed by atoms with van der Waals surface area (Å²) in [6.45, 7) is 8.96. The number of anilines is 2. The highest BCUT2D eigenvalue weighted by molar-refractivity contribution is 5.97. The molecule has 1 aliphatic rings. The van der Waals surface area contributed by atoms with Gasteiger partial charge in [-0.2, -0.15) is 0 Å². The van der Waals surface area contributed by atoms with E-state index in [1.807, 2.05) is 49.9 Å². The third-order valence-corrected chi connectivity index (χ3v) is 6.08. The molecule has 9 heteroatoms. The van der Waals surface area contributed by atoms with E-state index in [0.29, 0.717) is 16.9 Å². The first-order chi connectivity index (χ1) is 16.2. The van der Waals surface area contributed by atoms with Gasteiger partial charge in [-0.05, 0) is 75.3 Å². The van der Waals surface area contributed by atoms with Gasteiger partial charge in [-0.3, -0.25) is 4.79 Å². The molecular weight excluding hydrogens is 430 g/mol. The Labute approximate surface area is 199 Å². The summed E-state index contributed by atoms with van der Waals surface area (Å²) in [4.78, 5) is 21.3. The second-order valence-electron chi connectivity index (χ2n) is 8.73. The van der Waals surface area contributed by atoms with E-state index in [9.17, 15) is 4.79 Å². The fraction of sp³-hybridized carbons (Fsp3) is 0.320. The number of guanidine groups is 1. The molecule has 1 aliphatic heterocycles. The van der Waals surface area contributed by atoms with Crippen molar-refractivity contribution in [2.24, 2.45) is 10.7 Å². The molecule has 5 N–H and O–H groups in total. The van der Waals surface area contributed by atoms with Gasteiger partial charge < -0.3 is 31.1 Å². The lowest BCUT2D eigenvalue weighted by atomic mass is 10.00. The highest BCUT2D eigenvalue weighted by Gasteiger charge is 2.20. The number of benzene rings is 2. The van der Waals surface area contributed by atoms with Crippen LogP contribution >= 0.6 is 0 Å². The average molecular weight is 462 g/mol. The molecule has 3 aromatic rings. The number of aliphatic imine (C=N–C) groups is 1. The van der Waals surface area contributed by atoms with Crippen LogP contribution in [0.25, 0.3) is 11.1 Å². The third-order valence-electron chi connectivity index (χ3n) is 6.08. The van der Waals surface area contributed by atoms with Crippen molar-refractivity contribution in [3.63, 3.8) is 0 Å². The van der Waals surface area contributed by atoms with Crippen LogP contribution in [0.15, 0.2) is 45.9 Å². The lowest BCUT2D eigenvalue weighted by molar-refractivity contribution is 0.0664. The number of carbonyl (C=O) groups is 1. The van der Waals surface area contributed by atoms with Crippen molar-refractivity contribution < 1.29 is 9.32 Å². The Bertz CT molecular complexity index is 1180. The van der Waals surface area contributed by atoms with Crippen LogP contribution in [0, 0.1) is 20.8 Å². The summed E-state index contributed by atoms with van der Waals surface area (Å²) < 4.78 is 5.28. The Morgan fingerprint density at radius 3 is 2.35 bits per heavy atom. The number of nitrogens with two attached hydrogens (primary N) is 2. The van der Waals surface area contributed by atoms with E-state index < -0.39 is 0 Å². The normalized spacial score (nSPS) is 14.9. The van der Waals surface area contributed by atoms with Crippen molar-refractivity contribution in [3.8, 4) is 11.1 Å². The summed E-state index contributed by atoms with van der Waals surface area (Å²) in [5.74, 6) is 0.990. The highest BCUT2D eigenvalue weighted by atomic mass is 16.5. The van der Waals surface area contributed by atoms with Crippen LogP contribution in [0.5, 0.6) is 0 Å². The SMILES string of the molecule is Cc1cc(-c2c(C)noc2C)cc(N)c1N=C(N)Nc1ccc(C(=O)N2CCN(C)CC2)cc1. The largest absolute Gasteiger partial charge is 0.397 e. The van der Waals surface area contributed by atoms with Crippen molar-refractivity contribution in [2.75, 3.05) is 44.3 Å². The summed E-state index contributed by atoms with van der Waals surface area (Å²) in [6, 6.07) is 11.1. The van der Waals surface area contributed by atoms with E-state index in [1.165, 1.54) is 0 Å². The molecule has 1 amide bonds. The molecule has 178 valence electrons. The quantitative estimate of drug-likeness (QED) is 0.309. The summed E-state index contributed by atoms with van der Waals surface area (Å²) in [5.41, 5.74) is 18.5. The van der Waals surface area contributed by atoms with Gasteiger partial charge in [-0.25, -0.2) is 4.99 Å². The second-order valence-corrected chi connectivity index (χ2v) is 8.73. The standard InChI is InChI=1S/C25H31N7O2/c1-15-13-19(22-16(2)30-34-17(22)3)14-21(26)23(15)29-25(27)28-20-7-5-18(6-8-20)24(33)32-11-9-31(4)10-12-32/h5-8,13-14H,9-12,26H2,1-4H3,(H3,27,28,29). The minimum atomic E-state index is 0.0445. The van der Waals surface area contributed by atoms with E-state index in [4.69, 9.17) is 16.0 Å². The number of aryl methyl sites for hydroxylation is 3. The lowest BCUT2D eigenvalue weighted by Gasteiger charge is -2.32. The lowest BCUT2D eigenvalue weighted by Crippen LogP contribution is -2.47. The first kappa shape index (κ1) is 23.3. The maximum Gasteiger partial charge on any atom is 0.253 e. The number of nitrogen functional groups attached to an aromatic ring is 1. The number of rotatable bonds is 4. The first-order valence-electron chi connectivity index (χ1n) is 11.3. The van der Waals surface area contributed by atoms with Gasteiger partial charge in [0, 0.05) is 43.0 Å². The third kappa shape index (κ3) is 4.89. The maximum atomic E-state index is 12.7. The number of piperazine rings is 1. The van der Waals surface area contributed by atoms with Crippen LogP contribution in [-0.4, -0.2) is 60.0 Å². The van der Waals surface area contributed by atoms with E-state index in [1.54, 1.807) is 12.1 Å². The van der Waals surface area contributed by atoms with Gasteiger partial charge in [0.25, 0.3) is 5.91 Å². The number of likely N-dealkylation sites (N-methyl/N-ethyl adjacent to an activating group) is 1. The molecule has 34 heavy (non-hydrogen) atoms. The predicted octanol–water partition coefficient (Wildman–Crippen LogP) is 3.29. The first-order valence-corrected chi connectivity index (χ1v) is 11.3. The van der Waals surface area contributed by atoms with Crippen LogP contribution in [-0.2, 0) is 0 Å². The molecule has 0 atom stereocenters. The molecule has 0 saturated carbocycles. The van der Waals surface area contributed by atoms with Crippen LogP contribution in [0.3, 0.4) is 0 Å². The average Bonchev–Trinajstić information content (AvgIpc) is 3.14. The molecule has 0 unspecified atom stereocenters. The van der Waals surface area contributed by atoms with Gasteiger partial charge in [-0.15, -0.1) is 0 Å². The van der Waals surface area contributed by atoms with Gasteiger partial charge in [-0.1, -0.05) is 5.16 Å². The molecule has 2 heterocycles. The zero-order chi connectivity index (χ0) is 24.4. The molecule has 4 rings (SSSR count). The summed E-state index contributed by atoms with van der Waals surface area (Å²) in [5, 5.41) is 7.09. The molecule has 1 aromatic heterocycles. The van der Waals surface area contributed by atoms with Gasteiger partial charge in [0.15, 0.2) is 5.96 Å². The monoisotopic (exact) mass is 461 g/mol. The van der Waals surface area contributed by atoms with Crippen molar-refractivity contribution in [3.05, 3.63) is 59.0 Å². The number of nitrogens with zero attached hydrogens (tertiary/aromatic N) is 4. The van der Waals surface area contributed by atoms with Crippen LogP contribution in [0.1, 0.15) is 27.4 Å². The molecule has 0 aliphatic carbocycles. The minimum Gasteiger partial charge on any atom is -0.397 e. The molecular formula is C25H31N7O2. The number of hydrogen-bond donors (Lipinski definition) is 3. The molecule has 9 nitrogen and oxygen atoms in total. The Hall–Kier alpha value is -3.85. The zero-order valence-electron chi connectivity index (χ0n) is 20.1. The Morgan fingerprint density at radius 1 is 1.09 bits per heavy atom. The predicted molar refractivity (Wildman–Crippen MR) is 135 cm³/mol. The smallest absolute Gasteiger partial charge is 0.253 e. The van der Waals surface area contributed by atoms with Gasteiger partial charge in [0.05, 0.1) is 17.1 Å². The van der Waals surface area contributed by atoms with Crippen molar-refractivity contribution in [1.29, 1.82) is 0 Å². The second kappa shape index (κ2) is 9.56. The topological polar surface area (TPSA) is 126 Å². The molecule has 0 radical (unpaired) electrons. The molecule has 1 saturated heterocycles. The van der Waals surface area contributed by atoms with Crippen molar-refractivity contribution in [1.82, 2.24) is 15.0 Å². The van der Waals surface area contributed by atoms with Crippen molar-refractivity contribution in [2.45, 2.75) is 20.8 Å². The minimum absolute atomic E-state index is 0.0445. The molecule has 1 fully saturated rings. The number of carbonyl (C=O) groups excluding carboxylic acids is 1. The molecule has 0 spiro atoms. The summed E-state index contributed by atoms with van der Waals surface area (Å²) in [7, 11) is 2.07. The van der Waals surface area contributed by atoms with E-state index in [0.717, 1.165) is 60.0 Å². The van der Waals surface area contributed by atoms with Gasteiger partial charge in [0.2, 0.25) is 0 Å². The molecule has 0 bridgehead atoms. The van der Waals surface area contributed by atoms with E-state index in [-0.39, 0.29) is 11.9 Å². The summed E-state index contributed by atoms with van der Waals surface area (Å²) >= 11 is 0. The van der Waals surface area contributed by atoms with Crippen LogP contribution in [0.2, 0.25) is 0 Å². The van der Waals surface area contributed by atoms with Crippen molar-refractivity contribution >= 4 is 28.9 Å². The molecule has 2 aromatic carbocycles. The Balaban J connectivity index is 1.47. The zero-order valence-corrected chi connectivity index (χ0v) is 20.1. The Morgan fingerprint density at radius 2 is 1.76 bits per heavy atom. The van der Waals surface area contributed by atoms with Crippen LogP contribution in [0.4, 0.5) is 17.1 Å². The number of nitrogens with one attached hydrogen (secondary N) is 1. The van der Waals surface area contributed by atoms with Crippen LogP contribution < -0.4 is 16.8 Å². The van der Waals surface area contributed by atoms with Gasteiger partial charge in [0.1, 0.15) is 5.76 Å². The number of amides is 1. The van der Waals surface area contributed by atoms with E-state index >= 15 is 0 Å². The van der Waals surface area contributed by atoms with E-state index in [2.05, 4.69) is 27.4 Å². The summed E-state index contributed by atoms with van der Waals surface area (Å²) in [6.07, 6.45) is 0. The highest BCUT2D eigenvalue weighted by Crippen LogP contribution is 2.35. The Kier molecular flexibility index (Phi) is 6.56. The number of aromatic nitrogens is 1. The maximum absolute atomic E-state index is 12.7. The fourth-order valence-electron chi connectivity index (χ4n) is 4.18.